The van der Waals surface area contributed by atoms with Crippen LogP contribution in [0, 0.1) is 18.7 Å². The van der Waals surface area contributed by atoms with Crippen LogP contribution in [0.3, 0.4) is 0 Å². The number of rotatable bonds is 15. The Morgan fingerprint density at radius 3 is 2.30 bits per heavy atom. The highest BCUT2D eigenvalue weighted by Gasteiger charge is 2.37. The molecule has 1 unspecified atom stereocenters. The molecule has 0 amide bonds. The quantitative estimate of drug-likeness (QED) is 0.0308. The van der Waals surface area contributed by atoms with Gasteiger partial charge in [-0.2, -0.15) is 18.3 Å². The zero-order valence-corrected chi connectivity index (χ0v) is 28.4. The van der Waals surface area contributed by atoms with Crippen LogP contribution < -0.4 is 22.1 Å². The SMILES string of the molecule is CC(=N/C(C)=C(C=O)\C(=C\F)NCc1ccnn1C)c1cc(N)c(F)c(C)c1C(F)(F)F.CCCCNCCC(C)CCC.CN. The van der Waals surface area contributed by atoms with E-state index in [1.165, 1.54) is 66.1 Å². The van der Waals surface area contributed by atoms with Gasteiger partial charge in [0.15, 0.2) is 6.29 Å². The molecule has 0 aliphatic rings. The van der Waals surface area contributed by atoms with Crippen LogP contribution in [0.5, 0.6) is 0 Å². The predicted octanol–water partition coefficient (Wildman–Crippen LogP) is 7.13. The predicted molar refractivity (Wildman–Crippen MR) is 177 cm³/mol. The van der Waals surface area contributed by atoms with E-state index < -0.39 is 34.4 Å². The number of carbonyl (C=O) groups is 1. The van der Waals surface area contributed by atoms with Crippen molar-refractivity contribution in [2.45, 2.75) is 86.4 Å². The van der Waals surface area contributed by atoms with Gasteiger partial charge in [-0.25, -0.2) is 8.78 Å². The summed E-state index contributed by atoms with van der Waals surface area (Å²) in [7, 11) is 3.18. The third kappa shape index (κ3) is 13.8. The van der Waals surface area contributed by atoms with Crippen LogP contribution in [0.1, 0.15) is 89.1 Å². The summed E-state index contributed by atoms with van der Waals surface area (Å²) < 4.78 is 69.8. The van der Waals surface area contributed by atoms with E-state index in [1.807, 2.05) is 0 Å². The first-order valence-corrected chi connectivity index (χ1v) is 15.4. The third-order valence-corrected chi connectivity index (χ3v) is 7.13. The Kier molecular flexibility index (Phi) is 20.3. The summed E-state index contributed by atoms with van der Waals surface area (Å²) in [5.41, 5.74) is 7.28. The maximum absolute atomic E-state index is 14.0. The first-order valence-electron chi connectivity index (χ1n) is 15.4. The van der Waals surface area contributed by atoms with E-state index in [4.69, 9.17) is 5.73 Å². The molecule has 8 nitrogen and oxygen atoms in total. The standard InChI is InChI=1S/C21H22F5N5O.C11H25N.CH5N/c1-11-19(21(24,25)26)15(7-17(27)20(11)23)12(2)30-13(3)16(10-32)18(8-22)28-9-14-5-6-29-31(14)4;1-4-6-9-12-10-8-11(3)7-5-2;1-2/h5-8,10,28H,9,27H2,1-4H3;11-12H,4-10H2,1-3H3;2H2,1H3/b16-13-,18-8-,30-12?;;. The number of allylic oxidation sites excluding steroid dienone is 2. The zero-order chi connectivity index (χ0) is 35.4. The van der Waals surface area contributed by atoms with Crippen LogP contribution in [0.4, 0.5) is 27.6 Å². The molecule has 1 atom stereocenters. The molecule has 2 rings (SSSR count). The number of hydrogen-bond donors (Lipinski definition) is 4. The fourth-order valence-electron chi connectivity index (χ4n) is 4.55. The lowest BCUT2D eigenvalue weighted by Crippen LogP contribution is -2.18. The molecule has 0 aliphatic heterocycles. The van der Waals surface area contributed by atoms with Crippen molar-refractivity contribution in [3.8, 4) is 0 Å². The van der Waals surface area contributed by atoms with Crippen molar-refractivity contribution in [2.24, 2.45) is 23.7 Å². The van der Waals surface area contributed by atoms with Gasteiger partial charge in [0.1, 0.15) is 12.1 Å². The fourth-order valence-corrected chi connectivity index (χ4v) is 4.55. The highest BCUT2D eigenvalue weighted by molar-refractivity contribution is 6.02. The Morgan fingerprint density at radius 1 is 1.15 bits per heavy atom. The summed E-state index contributed by atoms with van der Waals surface area (Å²) >= 11 is 0. The minimum absolute atomic E-state index is 0.0485. The molecule has 0 fully saturated rings. The number of nitrogens with two attached hydrogens (primary N) is 2. The topological polar surface area (TPSA) is 123 Å². The third-order valence-electron chi connectivity index (χ3n) is 7.13. The van der Waals surface area contributed by atoms with E-state index in [2.05, 4.69) is 47.2 Å². The van der Waals surface area contributed by atoms with Crippen LogP contribution in [-0.2, 0) is 24.6 Å². The smallest absolute Gasteiger partial charge is 0.396 e. The lowest BCUT2D eigenvalue weighted by Gasteiger charge is -2.18. The molecule has 6 N–H and O–H groups in total. The molecular formula is C33H52F5N7O. The van der Waals surface area contributed by atoms with Gasteiger partial charge in [0, 0.05) is 24.5 Å². The summed E-state index contributed by atoms with van der Waals surface area (Å²) in [6, 6.07) is 2.52. The Hall–Kier alpha value is -3.58. The maximum atomic E-state index is 14.0. The van der Waals surface area contributed by atoms with Gasteiger partial charge in [-0.15, -0.1) is 0 Å². The lowest BCUT2D eigenvalue weighted by atomic mass is 9.96. The van der Waals surface area contributed by atoms with Crippen LogP contribution in [-0.4, -0.2) is 41.9 Å². The summed E-state index contributed by atoms with van der Waals surface area (Å²) in [4.78, 5) is 15.7. The van der Waals surface area contributed by atoms with Crippen LogP contribution in [0.2, 0.25) is 0 Å². The van der Waals surface area contributed by atoms with Crippen LogP contribution in [0.25, 0.3) is 0 Å². The Labute approximate surface area is 270 Å². The molecular weight excluding hydrogens is 605 g/mol. The summed E-state index contributed by atoms with van der Waals surface area (Å²) in [6.07, 6.45) is 3.85. The lowest BCUT2D eigenvalue weighted by molar-refractivity contribution is -0.138. The van der Waals surface area contributed by atoms with E-state index in [0.29, 0.717) is 12.0 Å². The van der Waals surface area contributed by atoms with Gasteiger partial charge in [0.05, 0.1) is 40.5 Å². The van der Waals surface area contributed by atoms with Crippen molar-refractivity contribution >= 4 is 17.7 Å². The van der Waals surface area contributed by atoms with Crippen molar-refractivity contribution in [3.63, 3.8) is 0 Å². The average molecular weight is 658 g/mol. The van der Waals surface area contributed by atoms with Gasteiger partial charge in [-0.05, 0) is 77.4 Å². The molecule has 0 saturated carbocycles. The molecule has 1 aromatic heterocycles. The average Bonchev–Trinajstić information content (AvgIpc) is 3.42. The molecule has 2 aromatic rings. The number of aromatic nitrogens is 2. The summed E-state index contributed by atoms with van der Waals surface area (Å²) in [5, 5.41) is 10.2. The van der Waals surface area contributed by atoms with Crippen LogP contribution in [0.15, 0.2) is 46.6 Å². The Bertz CT molecular complexity index is 1300. The van der Waals surface area contributed by atoms with Gasteiger partial charge in [0.25, 0.3) is 0 Å². The van der Waals surface area contributed by atoms with Gasteiger partial charge in [-0.3, -0.25) is 14.5 Å². The number of hydrogen-bond acceptors (Lipinski definition) is 7. The van der Waals surface area contributed by atoms with Crippen molar-refractivity contribution < 1.29 is 26.7 Å². The number of aryl methyl sites for hydroxylation is 1. The van der Waals surface area contributed by atoms with Gasteiger partial charge in [-0.1, -0.05) is 40.0 Å². The molecule has 46 heavy (non-hydrogen) atoms. The van der Waals surface area contributed by atoms with Gasteiger partial charge >= 0.3 is 6.18 Å². The van der Waals surface area contributed by atoms with Gasteiger partial charge in [0.2, 0.25) is 0 Å². The number of nitrogen functional groups attached to an aromatic ring is 1. The molecule has 0 aliphatic carbocycles. The number of halogens is 5. The molecule has 1 heterocycles. The van der Waals surface area contributed by atoms with Crippen molar-refractivity contribution in [1.82, 2.24) is 20.4 Å². The molecule has 13 heteroatoms. The maximum Gasteiger partial charge on any atom is 0.417 e. The first kappa shape index (κ1) is 42.4. The number of nitrogens with one attached hydrogen (secondary N) is 2. The minimum atomic E-state index is -4.87. The van der Waals surface area contributed by atoms with E-state index >= 15 is 0 Å². The number of alkyl halides is 3. The van der Waals surface area contributed by atoms with E-state index in [9.17, 15) is 26.7 Å². The summed E-state index contributed by atoms with van der Waals surface area (Å²) in [6.45, 7) is 13.0. The van der Waals surface area contributed by atoms with Gasteiger partial charge < -0.3 is 22.1 Å². The second-order valence-corrected chi connectivity index (χ2v) is 10.7. The largest absolute Gasteiger partial charge is 0.417 e. The molecule has 0 radical (unpaired) electrons. The van der Waals surface area contributed by atoms with E-state index in [-0.39, 0.29) is 35.6 Å². The Morgan fingerprint density at radius 2 is 1.80 bits per heavy atom. The number of anilines is 1. The molecule has 0 spiro atoms. The van der Waals surface area contributed by atoms with E-state index in [0.717, 1.165) is 18.9 Å². The second-order valence-electron chi connectivity index (χ2n) is 10.7. The number of unbranched alkanes of at least 4 members (excludes halogenated alkanes) is 1. The normalized spacial score (nSPS) is 13.2. The highest BCUT2D eigenvalue weighted by atomic mass is 19.4. The number of nitrogens with zero attached hydrogens (tertiary/aromatic N) is 3. The highest BCUT2D eigenvalue weighted by Crippen LogP contribution is 2.38. The zero-order valence-electron chi connectivity index (χ0n) is 28.4. The van der Waals surface area contributed by atoms with Crippen molar-refractivity contribution in [2.75, 3.05) is 25.9 Å². The van der Waals surface area contributed by atoms with Crippen molar-refractivity contribution in [1.29, 1.82) is 0 Å². The molecule has 0 bridgehead atoms. The Balaban J connectivity index is 0.00000122. The minimum Gasteiger partial charge on any atom is -0.396 e. The monoisotopic (exact) mass is 657 g/mol. The second kappa shape index (κ2) is 22.0. The fraction of sp³-hybridized carbons (Fsp3) is 0.545. The number of benzene rings is 1. The van der Waals surface area contributed by atoms with Crippen LogP contribution >= 0.6 is 0 Å². The first-order chi connectivity index (χ1) is 21.7. The van der Waals surface area contributed by atoms with E-state index in [1.54, 1.807) is 24.0 Å². The number of aldehydes is 1. The molecule has 260 valence electrons. The molecule has 1 aromatic carbocycles. The summed E-state index contributed by atoms with van der Waals surface area (Å²) in [5.74, 6) is -0.263. The van der Waals surface area contributed by atoms with Crippen molar-refractivity contribution in [3.05, 3.63) is 69.8 Å². The molecule has 0 saturated heterocycles. The number of aliphatic imine (C=N–C) groups is 1. The number of carbonyl (C=O) groups excluding carboxylic acids is 1.